The van der Waals surface area contributed by atoms with Crippen LogP contribution in [0.5, 0.6) is 5.75 Å². The summed E-state index contributed by atoms with van der Waals surface area (Å²) in [6.45, 7) is -0.120. The molecular weight excluding hydrogens is 258 g/mol. The molecule has 0 aromatic heterocycles. The van der Waals surface area contributed by atoms with Crippen LogP contribution in [0.2, 0.25) is 0 Å². The van der Waals surface area contributed by atoms with Crippen LogP contribution in [0, 0.1) is 5.21 Å². The summed E-state index contributed by atoms with van der Waals surface area (Å²) in [5, 5.41) is 25.7. The van der Waals surface area contributed by atoms with Gasteiger partial charge in [0.1, 0.15) is 17.9 Å². The van der Waals surface area contributed by atoms with Gasteiger partial charge in [0.15, 0.2) is 0 Å². The van der Waals surface area contributed by atoms with Gasteiger partial charge in [0.05, 0.1) is 0 Å². The normalized spacial score (nSPS) is 11.9. The number of carbonyl (C=O) groups excluding carboxylic acids is 1. The maximum atomic E-state index is 11.4. The zero-order valence-electron chi connectivity index (χ0n) is 9.87. The number of carboxylic acid groups (broad SMARTS) is 1. The van der Waals surface area contributed by atoms with Crippen LogP contribution >= 0.6 is 0 Å². The van der Waals surface area contributed by atoms with E-state index in [4.69, 9.17) is 15.1 Å². The Labute approximate surface area is 108 Å². The Bertz CT molecular complexity index is 446. The van der Waals surface area contributed by atoms with E-state index in [2.05, 4.69) is 4.84 Å². The Kier molecular flexibility index (Phi) is 5.90. The minimum absolute atomic E-state index is 0.0425. The summed E-state index contributed by atoms with van der Waals surface area (Å²) in [5.74, 6) is -1.89. The smallest absolute Gasteiger partial charge is 0.339 e. The number of benzene rings is 1. The Balaban J connectivity index is 2.46. The van der Waals surface area contributed by atoms with E-state index in [1.165, 1.54) is 18.2 Å². The molecule has 0 fully saturated rings. The Morgan fingerprint density at radius 1 is 1.32 bits per heavy atom. The van der Waals surface area contributed by atoms with Gasteiger partial charge in [-0.25, -0.2) is 4.79 Å². The van der Waals surface area contributed by atoms with Gasteiger partial charge < -0.3 is 15.1 Å². The molecule has 0 spiro atoms. The zero-order valence-corrected chi connectivity index (χ0v) is 9.87. The second-order valence-electron chi connectivity index (χ2n) is 3.49. The highest BCUT2D eigenvalue weighted by Crippen LogP contribution is 2.18. The molecule has 0 radical (unpaired) electrons. The highest BCUT2D eigenvalue weighted by molar-refractivity contribution is 5.91. The maximum absolute atomic E-state index is 11.4. The molecule has 0 aliphatic heterocycles. The Hall–Kier alpha value is -2.00. The van der Waals surface area contributed by atoms with Crippen molar-refractivity contribution in [1.82, 2.24) is 0 Å². The third kappa shape index (κ3) is 5.44. The van der Waals surface area contributed by atoms with Crippen molar-refractivity contribution in [3.63, 3.8) is 0 Å². The number of para-hydroxylation sites is 1. The van der Waals surface area contributed by atoms with Gasteiger partial charge in [-0.1, -0.05) is 17.5 Å². The van der Waals surface area contributed by atoms with Crippen LogP contribution < -0.4 is 10.1 Å². The lowest BCUT2D eigenvalue weighted by Crippen LogP contribution is -3.03. The molecule has 0 saturated carbocycles. The third-order valence-electron chi connectivity index (χ3n) is 2.09. The lowest BCUT2D eigenvalue weighted by Gasteiger charge is -2.10. The third-order valence-corrected chi connectivity index (χ3v) is 2.09. The van der Waals surface area contributed by atoms with Crippen LogP contribution in [-0.2, 0) is 9.63 Å². The van der Waals surface area contributed by atoms with E-state index in [0.29, 0.717) is 0 Å². The summed E-state index contributed by atoms with van der Waals surface area (Å²) in [7, 11) is 0. The van der Waals surface area contributed by atoms with Crippen molar-refractivity contribution in [3.8, 4) is 5.75 Å². The van der Waals surface area contributed by atoms with Crippen LogP contribution in [0.3, 0.4) is 0 Å². The quantitative estimate of drug-likeness (QED) is 0.271. The molecule has 0 aliphatic rings. The first-order valence-corrected chi connectivity index (χ1v) is 5.39. The number of nitrogens with one attached hydrogen (secondary N) is 1. The number of carboxylic acids is 1. The number of hydrogen-bond donors (Lipinski definition) is 3. The van der Waals surface area contributed by atoms with Crippen molar-refractivity contribution in [3.05, 3.63) is 35.0 Å². The number of quaternary nitrogens is 1. The van der Waals surface area contributed by atoms with Crippen molar-refractivity contribution in [2.75, 3.05) is 6.61 Å². The summed E-state index contributed by atoms with van der Waals surface area (Å²) in [6.07, 6.45) is 0.0988. The molecule has 0 bridgehead atoms. The van der Waals surface area contributed by atoms with E-state index in [0.717, 1.165) is 0 Å². The molecule has 3 N–H and O–H groups in total. The summed E-state index contributed by atoms with van der Waals surface area (Å²) >= 11 is 0. The van der Waals surface area contributed by atoms with E-state index in [1.54, 1.807) is 6.07 Å². The predicted molar refractivity (Wildman–Crippen MR) is 60.3 cm³/mol. The van der Waals surface area contributed by atoms with Crippen molar-refractivity contribution in [1.29, 1.82) is 0 Å². The zero-order chi connectivity index (χ0) is 14.3. The van der Waals surface area contributed by atoms with Gasteiger partial charge in [0.25, 0.3) is 0 Å². The van der Waals surface area contributed by atoms with Gasteiger partial charge in [0, 0.05) is 6.42 Å². The van der Waals surface area contributed by atoms with Gasteiger partial charge >= 0.3 is 11.9 Å². The molecule has 1 unspecified atom stereocenters. The van der Waals surface area contributed by atoms with Gasteiger partial charge in [-0.05, 0) is 18.6 Å². The standard InChI is InChI=1S/C11H13NO7/c13-10(6-3-7-18-12(16)17)19-9-5-2-1-4-8(9)11(14)15/h1-2,4-5,12,16H,3,6-7H2,(H,14,15). The van der Waals surface area contributed by atoms with E-state index in [-0.39, 0.29) is 30.8 Å². The molecule has 0 saturated heterocycles. The van der Waals surface area contributed by atoms with E-state index in [1.807, 2.05) is 0 Å². The second-order valence-corrected chi connectivity index (χ2v) is 3.49. The van der Waals surface area contributed by atoms with Gasteiger partial charge in [-0.15, -0.1) is 0 Å². The van der Waals surface area contributed by atoms with Crippen molar-refractivity contribution in [2.45, 2.75) is 12.8 Å². The molecule has 8 nitrogen and oxygen atoms in total. The van der Waals surface area contributed by atoms with Crippen LogP contribution in [0.25, 0.3) is 0 Å². The average Bonchev–Trinajstić information content (AvgIpc) is 2.35. The lowest BCUT2D eigenvalue weighted by atomic mass is 10.2. The first-order valence-electron chi connectivity index (χ1n) is 5.39. The lowest BCUT2D eigenvalue weighted by molar-refractivity contribution is -1.21. The van der Waals surface area contributed by atoms with Crippen LogP contribution in [-0.4, -0.2) is 28.9 Å². The van der Waals surface area contributed by atoms with E-state index < -0.39 is 17.3 Å². The number of ether oxygens (including phenoxy) is 1. The summed E-state index contributed by atoms with van der Waals surface area (Å²) in [5.41, 5.74) is -0.113. The number of esters is 1. The first kappa shape index (κ1) is 15.1. The Morgan fingerprint density at radius 3 is 2.63 bits per heavy atom. The molecule has 1 aromatic carbocycles. The summed E-state index contributed by atoms with van der Waals surface area (Å²) in [4.78, 5) is 26.5. The fraction of sp³-hybridized carbons (Fsp3) is 0.273. The van der Waals surface area contributed by atoms with Gasteiger partial charge in [0.2, 0.25) is 0 Å². The molecule has 1 atom stereocenters. The van der Waals surface area contributed by atoms with Gasteiger partial charge in [-0.2, -0.15) is 10.0 Å². The molecule has 1 aromatic rings. The SMILES string of the molecule is O=C(CCCO[NH+]([O-])O)Oc1ccccc1C(=O)O. The van der Waals surface area contributed by atoms with Crippen molar-refractivity contribution >= 4 is 11.9 Å². The highest BCUT2D eigenvalue weighted by Gasteiger charge is 2.13. The topological polar surface area (TPSA) is 121 Å². The fourth-order valence-corrected chi connectivity index (χ4v) is 1.28. The number of hydrogen-bond acceptors (Lipinski definition) is 6. The van der Waals surface area contributed by atoms with Crippen LogP contribution in [0.15, 0.2) is 24.3 Å². The molecule has 0 heterocycles. The highest BCUT2D eigenvalue weighted by atomic mass is 17.1. The van der Waals surface area contributed by atoms with E-state index in [9.17, 15) is 14.8 Å². The van der Waals surface area contributed by atoms with Crippen LogP contribution in [0.1, 0.15) is 23.2 Å². The number of carbonyl (C=O) groups is 2. The monoisotopic (exact) mass is 271 g/mol. The molecule has 0 amide bonds. The number of aromatic carboxylic acids is 1. The molecule has 8 heteroatoms. The minimum atomic E-state index is -1.41. The molecule has 0 aliphatic carbocycles. The second kappa shape index (κ2) is 7.44. The maximum Gasteiger partial charge on any atom is 0.339 e. The first-order chi connectivity index (χ1) is 9.00. The van der Waals surface area contributed by atoms with Crippen molar-refractivity contribution in [2.24, 2.45) is 0 Å². The average molecular weight is 271 g/mol. The molecule has 19 heavy (non-hydrogen) atoms. The molecule has 1 rings (SSSR count). The summed E-state index contributed by atoms with van der Waals surface area (Å²) in [6, 6.07) is 5.75. The van der Waals surface area contributed by atoms with Crippen LogP contribution in [0.4, 0.5) is 0 Å². The largest absolute Gasteiger partial charge is 0.566 e. The molecule has 104 valence electrons. The van der Waals surface area contributed by atoms with E-state index >= 15 is 0 Å². The van der Waals surface area contributed by atoms with Gasteiger partial charge in [-0.3, -0.25) is 4.79 Å². The Morgan fingerprint density at radius 2 is 2.00 bits per heavy atom. The molecular formula is C11H13NO7. The summed E-state index contributed by atoms with van der Waals surface area (Å²) < 4.78 is 4.89. The minimum Gasteiger partial charge on any atom is -0.566 e. The fourth-order valence-electron chi connectivity index (χ4n) is 1.28. The van der Waals surface area contributed by atoms with Crippen molar-refractivity contribution < 1.29 is 34.9 Å². The predicted octanol–water partition coefficient (Wildman–Crippen LogP) is -0.226. The number of rotatable bonds is 7.